The number of carbonyl (C=O) groups is 1. The Morgan fingerprint density at radius 2 is 1.85 bits per heavy atom. The Morgan fingerprint density at radius 1 is 1.15 bits per heavy atom. The third-order valence-electron chi connectivity index (χ3n) is 7.07. The van der Waals surface area contributed by atoms with Crippen LogP contribution in [0.1, 0.15) is 39.2 Å². The van der Waals surface area contributed by atoms with Gasteiger partial charge in [0.05, 0.1) is 55.4 Å². The molecule has 2 amide bonds. The standard InChI is InChI=1S/C27H30F2N6O4/c1-14-8-16(11-30-18(14)6-7-27(2,3)37)35-23-15(10-31-25-17(23)12-32-33-25)13-34(26(35)36)24-21(28)19(38-4)9-20(39-5)22(24)29/h8-12,14,18,37H,6-7,13H2,1-5H3,(H,31,32,33). The van der Waals surface area contributed by atoms with Crippen molar-refractivity contribution in [1.82, 2.24) is 15.2 Å². The number of nitrogens with one attached hydrogen (secondary N) is 1. The quantitative estimate of drug-likeness (QED) is 0.448. The third-order valence-corrected chi connectivity index (χ3v) is 7.07. The molecule has 0 saturated heterocycles. The van der Waals surface area contributed by atoms with Crippen LogP contribution in [0.25, 0.3) is 11.0 Å². The van der Waals surface area contributed by atoms with Gasteiger partial charge in [0.1, 0.15) is 5.69 Å². The van der Waals surface area contributed by atoms with Crippen LogP contribution in [0.3, 0.4) is 0 Å². The van der Waals surface area contributed by atoms with Crippen LogP contribution in [0.2, 0.25) is 0 Å². The number of allylic oxidation sites excluding steroid dienone is 1. The second-order valence-corrected chi connectivity index (χ2v) is 10.4. The fourth-order valence-electron chi connectivity index (χ4n) is 4.99. The highest BCUT2D eigenvalue weighted by Gasteiger charge is 2.40. The summed E-state index contributed by atoms with van der Waals surface area (Å²) in [5, 5.41) is 17.6. The van der Waals surface area contributed by atoms with Crippen molar-refractivity contribution in [2.24, 2.45) is 10.9 Å². The van der Waals surface area contributed by atoms with Gasteiger partial charge in [-0.05, 0) is 32.6 Å². The number of pyridine rings is 1. The predicted octanol–water partition coefficient (Wildman–Crippen LogP) is 4.72. The normalized spacial score (nSPS) is 19.4. The topological polar surface area (TPSA) is 116 Å². The summed E-state index contributed by atoms with van der Waals surface area (Å²) >= 11 is 0. The van der Waals surface area contributed by atoms with Gasteiger partial charge in [0, 0.05) is 24.0 Å². The van der Waals surface area contributed by atoms with Crippen molar-refractivity contribution in [3.63, 3.8) is 0 Å². The highest BCUT2D eigenvalue weighted by atomic mass is 19.1. The van der Waals surface area contributed by atoms with Gasteiger partial charge in [0.15, 0.2) is 28.8 Å². The Hall–Kier alpha value is -4.06. The Kier molecular flexibility index (Phi) is 6.75. The second-order valence-electron chi connectivity index (χ2n) is 10.4. The number of nitrogens with zero attached hydrogens (tertiary/aromatic N) is 5. The predicted molar refractivity (Wildman–Crippen MR) is 142 cm³/mol. The molecule has 206 valence electrons. The Morgan fingerprint density at radius 3 is 2.46 bits per heavy atom. The molecule has 0 bridgehead atoms. The Bertz CT molecular complexity index is 1470. The van der Waals surface area contributed by atoms with E-state index < -0.39 is 29.0 Å². The van der Waals surface area contributed by atoms with E-state index in [1.165, 1.54) is 19.1 Å². The lowest BCUT2D eigenvalue weighted by atomic mass is 9.90. The Labute approximate surface area is 223 Å². The minimum atomic E-state index is -1.03. The van der Waals surface area contributed by atoms with E-state index in [1.807, 2.05) is 13.0 Å². The summed E-state index contributed by atoms with van der Waals surface area (Å²) in [7, 11) is 2.50. The zero-order valence-electron chi connectivity index (χ0n) is 22.3. The van der Waals surface area contributed by atoms with Crippen molar-refractivity contribution in [1.29, 1.82) is 0 Å². The summed E-state index contributed by atoms with van der Waals surface area (Å²) in [6, 6.07) is 0.306. The summed E-state index contributed by atoms with van der Waals surface area (Å²) in [5.41, 5.74) is 0.546. The lowest BCUT2D eigenvalue weighted by Crippen LogP contribution is -2.48. The zero-order chi connectivity index (χ0) is 28.1. The van der Waals surface area contributed by atoms with E-state index in [0.717, 1.165) is 11.0 Å². The highest BCUT2D eigenvalue weighted by Crippen LogP contribution is 2.43. The van der Waals surface area contributed by atoms with Crippen LogP contribution in [0.15, 0.2) is 35.2 Å². The molecule has 4 heterocycles. The number of aliphatic hydroxyl groups is 1. The molecular formula is C27H30F2N6O4. The number of methoxy groups -OCH3 is 2. The minimum absolute atomic E-state index is 0.0777. The lowest BCUT2D eigenvalue weighted by molar-refractivity contribution is 0.0657. The molecule has 0 radical (unpaired) electrons. The average molecular weight is 541 g/mol. The zero-order valence-corrected chi connectivity index (χ0v) is 22.3. The number of ether oxygens (including phenoxy) is 2. The number of anilines is 2. The molecule has 12 heteroatoms. The first-order chi connectivity index (χ1) is 18.5. The summed E-state index contributed by atoms with van der Waals surface area (Å²) in [6.45, 7) is 5.32. The lowest BCUT2D eigenvalue weighted by Gasteiger charge is -2.39. The molecule has 0 saturated carbocycles. The molecule has 39 heavy (non-hydrogen) atoms. The number of fused-ring (bicyclic) bond motifs is 3. The van der Waals surface area contributed by atoms with Crippen LogP contribution in [0, 0.1) is 17.6 Å². The third kappa shape index (κ3) is 4.69. The van der Waals surface area contributed by atoms with Gasteiger partial charge in [-0.1, -0.05) is 13.0 Å². The van der Waals surface area contributed by atoms with Crippen molar-refractivity contribution in [3.8, 4) is 11.5 Å². The van der Waals surface area contributed by atoms with Gasteiger partial charge >= 0.3 is 6.03 Å². The van der Waals surface area contributed by atoms with Gasteiger partial charge in [-0.2, -0.15) is 5.10 Å². The smallest absolute Gasteiger partial charge is 0.334 e. The molecule has 1 aromatic carbocycles. The molecule has 10 nitrogen and oxygen atoms in total. The monoisotopic (exact) mass is 540 g/mol. The van der Waals surface area contributed by atoms with Crippen molar-refractivity contribution in [2.45, 2.75) is 51.8 Å². The average Bonchev–Trinajstić information content (AvgIpc) is 3.37. The van der Waals surface area contributed by atoms with E-state index in [1.54, 1.807) is 32.5 Å². The summed E-state index contributed by atoms with van der Waals surface area (Å²) in [5.74, 6) is -2.67. The maximum atomic E-state index is 15.5. The minimum Gasteiger partial charge on any atom is -0.493 e. The first kappa shape index (κ1) is 26.5. The molecule has 0 fully saturated rings. The van der Waals surface area contributed by atoms with Crippen molar-refractivity contribution < 1.29 is 28.2 Å². The molecule has 0 spiro atoms. The number of dihydropyridines is 1. The van der Waals surface area contributed by atoms with Crippen LogP contribution in [0.4, 0.5) is 25.0 Å². The molecule has 2 N–H and O–H groups in total. The first-order valence-corrected chi connectivity index (χ1v) is 12.5. The van der Waals surface area contributed by atoms with E-state index in [4.69, 9.17) is 9.47 Å². The van der Waals surface area contributed by atoms with Crippen molar-refractivity contribution in [2.75, 3.05) is 24.0 Å². The maximum absolute atomic E-state index is 15.5. The number of halogens is 2. The number of H-pyrrole nitrogens is 1. The summed E-state index contributed by atoms with van der Waals surface area (Å²) in [4.78, 5) is 25.6. The van der Waals surface area contributed by atoms with Gasteiger partial charge in [-0.25, -0.2) is 18.6 Å². The van der Waals surface area contributed by atoms with Gasteiger partial charge in [-0.15, -0.1) is 0 Å². The summed E-state index contributed by atoms with van der Waals surface area (Å²) in [6.07, 6.45) is 7.80. The van der Waals surface area contributed by atoms with Crippen LogP contribution in [-0.2, 0) is 6.54 Å². The van der Waals surface area contributed by atoms with Crippen LogP contribution in [-0.4, -0.2) is 58.4 Å². The van der Waals surface area contributed by atoms with E-state index >= 15 is 8.78 Å². The fraction of sp³-hybridized carbons (Fsp3) is 0.407. The maximum Gasteiger partial charge on any atom is 0.334 e. The molecule has 2 aliphatic rings. The number of aromatic nitrogens is 3. The number of rotatable bonds is 7. The van der Waals surface area contributed by atoms with Gasteiger partial charge < -0.3 is 14.6 Å². The fourth-order valence-corrected chi connectivity index (χ4v) is 4.99. The molecule has 2 unspecified atom stereocenters. The molecule has 0 aliphatic carbocycles. The number of hydrogen-bond donors (Lipinski definition) is 2. The number of urea groups is 1. The molecule has 2 atom stereocenters. The van der Waals surface area contributed by atoms with Gasteiger partial charge in [0.2, 0.25) is 0 Å². The van der Waals surface area contributed by atoms with Crippen LogP contribution < -0.4 is 19.3 Å². The number of amides is 2. The van der Waals surface area contributed by atoms with E-state index in [0.29, 0.717) is 40.8 Å². The number of benzene rings is 1. The number of hydrogen-bond acceptors (Lipinski definition) is 7. The highest BCUT2D eigenvalue weighted by molar-refractivity contribution is 6.16. The van der Waals surface area contributed by atoms with E-state index in [2.05, 4.69) is 20.2 Å². The number of carbonyl (C=O) groups excluding carboxylic acids is 1. The number of aliphatic imine (C=N–C) groups is 1. The molecular weight excluding hydrogens is 510 g/mol. The molecule has 2 aromatic heterocycles. The van der Waals surface area contributed by atoms with Gasteiger partial charge in [-0.3, -0.25) is 19.9 Å². The van der Waals surface area contributed by atoms with Crippen LogP contribution in [0.5, 0.6) is 11.5 Å². The molecule has 5 rings (SSSR count). The first-order valence-electron chi connectivity index (χ1n) is 12.5. The van der Waals surface area contributed by atoms with E-state index in [9.17, 15) is 9.90 Å². The Balaban J connectivity index is 1.63. The largest absolute Gasteiger partial charge is 0.493 e. The number of aromatic amines is 1. The van der Waals surface area contributed by atoms with Gasteiger partial charge in [0.25, 0.3) is 0 Å². The van der Waals surface area contributed by atoms with E-state index in [-0.39, 0.29) is 30.0 Å². The van der Waals surface area contributed by atoms with Crippen molar-refractivity contribution >= 4 is 34.7 Å². The van der Waals surface area contributed by atoms with Crippen LogP contribution >= 0.6 is 0 Å². The molecule has 3 aromatic rings. The SMILES string of the molecule is COc1cc(OC)c(F)c(N2Cc3cnc4[nH]ncc4c3N(C3=CC(C)C(CCC(C)(C)O)N=C3)C2=O)c1F. The summed E-state index contributed by atoms with van der Waals surface area (Å²) < 4.78 is 41.2. The second kappa shape index (κ2) is 9.92. The molecule has 2 aliphatic heterocycles. The van der Waals surface area contributed by atoms with Crippen molar-refractivity contribution in [3.05, 3.63) is 47.4 Å².